The van der Waals surface area contributed by atoms with Gasteiger partial charge >= 0.3 is 5.69 Å². The SMILES string of the molecule is Cn1c(=O)n(C)c2cc(NCc3ccc(Br)cc3)ccc21. The maximum absolute atomic E-state index is 11.9. The molecule has 0 unspecified atom stereocenters. The second-order valence-electron chi connectivity index (χ2n) is 5.08. The van der Waals surface area contributed by atoms with Gasteiger partial charge in [-0.15, -0.1) is 0 Å². The number of hydrogen-bond acceptors (Lipinski definition) is 2. The zero-order valence-electron chi connectivity index (χ0n) is 11.9. The molecule has 21 heavy (non-hydrogen) atoms. The van der Waals surface area contributed by atoms with E-state index in [2.05, 4.69) is 33.4 Å². The Kier molecular flexibility index (Phi) is 3.59. The van der Waals surface area contributed by atoms with Crippen molar-refractivity contribution in [2.75, 3.05) is 5.32 Å². The largest absolute Gasteiger partial charge is 0.381 e. The van der Waals surface area contributed by atoms with E-state index in [1.54, 1.807) is 23.2 Å². The van der Waals surface area contributed by atoms with Gasteiger partial charge in [0.15, 0.2) is 0 Å². The molecule has 1 N–H and O–H groups in total. The van der Waals surface area contributed by atoms with Crippen molar-refractivity contribution in [3.63, 3.8) is 0 Å². The predicted octanol–water partition coefficient (Wildman–Crippen LogP) is 3.25. The molecule has 0 bridgehead atoms. The summed E-state index contributed by atoms with van der Waals surface area (Å²) < 4.78 is 4.40. The quantitative estimate of drug-likeness (QED) is 0.791. The Balaban J connectivity index is 1.86. The first kappa shape index (κ1) is 13.9. The van der Waals surface area contributed by atoms with Gasteiger partial charge in [-0.25, -0.2) is 4.79 Å². The summed E-state index contributed by atoms with van der Waals surface area (Å²) in [6.07, 6.45) is 0. The van der Waals surface area contributed by atoms with Crippen molar-refractivity contribution in [3.05, 3.63) is 63.0 Å². The molecule has 3 rings (SSSR count). The van der Waals surface area contributed by atoms with Crippen LogP contribution in [0.1, 0.15) is 5.56 Å². The van der Waals surface area contributed by atoms with Gasteiger partial charge in [-0.2, -0.15) is 0 Å². The van der Waals surface area contributed by atoms with Crippen molar-refractivity contribution in [1.82, 2.24) is 9.13 Å². The molecular formula is C16H16BrN3O. The van der Waals surface area contributed by atoms with E-state index in [0.29, 0.717) is 0 Å². The number of nitrogens with zero attached hydrogens (tertiary/aromatic N) is 2. The van der Waals surface area contributed by atoms with Gasteiger partial charge in [0.2, 0.25) is 0 Å². The second kappa shape index (κ2) is 5.41. The summed E-state index contributed by atoms with van der Waals surface area (Å²) in [5, 5.41) is 3.39. The van der Waals surface area contributed by atoms with E-state index in [1.807, 2.05) is 30.3 Å². The monoisotopic (exact) mass is 345 g/mol. The number of fused-ring (bicyclic) bond motifs is 1. The molecule has 4 nitrogen and oxygen atoms in total. The van der Waals surface area contributed by atoms with E-state index in [9.17, 15) is 4.79 Å². The molecule has 3 aromatic rings. The number of halogens is 1. The molecule has 0 saturated heterocycles. The van der Waals surface area contributed by atoms with Gasteiger partial charge < -0.3 is 5.32 Å². The lowest BCUT2D eigenvalue weighted by molar-refractivity contribution is 0.795. The Morgan fingerprint density at radius 2 is 1.67 bits per heavy atom. The Bertz CT molecular complexity index is 846. The standard InChI is InChI=1S/C16H16BrN3O/c1-19-14-8-7-13(9-15(14)20(2)16(19)21)18-10-11-3-5-12(17)6-4-11/h3-9,18H,10H2,1-2H3. The van der Waals surface area contributed by atoms with E-state index < -0.39 is 0 Å². The molecule has 108 valence electrons. The lowest BCUT2D eigenvalue weighted by Crippen LogP contribution is -2.19. The highest BCUT2D eigenvalue weighted by molar-refractivity contribution is 9.10. The molecule has 1 heterocycles. The number of aryl methyl sites for hydroxylation is 2. The van der Waals surface area contributed by atoms with Crippen LogP contribution in [0.5, 0.6) is 0 Å². The number of aromatic nitrogens is 2. The van der Waals surface area contributed by atoms with Crippen LogP contribution in [-0.2, 0) is 20.6 Å². The first-order valence-electron chi connectivity index (χ1n) is 6.70. The molecule has 0 fully saturated rings. The third kappa shape index (κ3) is 2.61. The van der Waals surface area contributed by atoms with E-state index in [-0.39, 0.29) is 5.69 Å². The van der Waals surface area contributed by atoms with Crippen molar-refractivity contribution in [3.8, 4) is 0 Å². The fraction of sp³-hybridized carbons (Fsp3) is 0.188. The zero-order chi connectivity index (χ0) is 15.0. The van der Waals surface area contributed by atoms with Crippen LogP contribution in [0, 0.1) is 0 Å². The minimum atomic E-state index is -0.00457. The topological polar surface area (TPSA) is 39.0 Å². The summed E-state index contributed by atoms with van der Waals surface area (Å²) in [6.45, 7) is 0.750. The van der Waals surface area contributed by atoms with Crippen LogP contribution in [0.2, 0.25) is 0 Å². The van der Waals surface area contributed by atoms with E-state index in [4.69, 9.17) is 0 Å². The van der Waals surface area contributed by atoms with Crippen LogP contribution >= 0.6 is 15.9 Å². The van der Waals surface area contributed by atoms with Crippen LogP contribution in [-0.4, -0.2) is 9.13 Å². The van der Waals surface area contributed by atoms with Crippen molar-refractivity contribution in [1.29, 1.82) is 0 Å². The van der Waals surface area contributed by atoms with Crippen molar-refractivity contribution < 1.29 is 0 Å². The Labute approximate surface area is 131 Å². The fourth-order valence-corrected chi connectivity index (χ4v) is 2.69. The Hall–Kier alpha value is -2.01. The normalized spacial score (nSPS) is 11.0. The minimum absolute atomic E-state index is 0.00457. The molecule has 0 radical (unpaired) electrons. The van der Waals surface area contributed by atoms with Crippen molar-refractivity contribution in [2.45, 2.75) is 6.54 Å². The average molecular weight is 346 g/mol. The van der Waals surface area contributed by atoms with Gasteiger partial charge in [0.1, 0.15) is 0 Å². The van der Waals surface area contributed by atoms with Gasteiger partial charge in [0.25, 0.3) is 0 Å². The second-order valence-corrected chi connectivity index (χ2v) is 6.00. The lowest BCUT2D eigenvalue weighted by Gasteiger charge is -2.07. The van der Waals surface area contributed by atoms with Crippen LogP contribution in [0.15, 0.2) is 51.7 Å². The molecule has 0 aliphatic heterocycles. The summed E-state index contributed by atoms with van der Waals surface area (Å²) >= 11 is 3.43. The summed E-state index contributed by atoms with van der Waals surface area (Å²) in [5.74, 6) is 0. The molecule has 0 spiro atoms. The lowest BCUT2D eigenvalue weighted by atomic mass is 10.2. The number of hydrogen-bond donors (Lipinski definition) is 1. The van der Waals surface area contributed by atoms with Crippen LogP contribution < -0.4 is 11.0 Å². The van der Waals surface area contributed by atoms with Gasteiger partial charge in [0, 0.05) is 30.8 Å². The molecule has 0 aliphatic rings. The molecule has 1 aromatic heterocycles. The van der Waals surface area contributed by atoms with E-state index in [1.165, 1.54) is 5.56 Å². The third-order valence-electron chi connectivity index (χ3n) is 3.68. The summed E-state index contributed by atoms with van der Waals surface area (Å²) in [4.78, 5) is 11.9. The highest BCUT2D eigenvalue weighted by Gasteiger charge is 2.07. The molecule has 2 aromatic carbocycles. The maximum atomic E-state index is 11.9. The van der Waals surface area contributed by atoms with Gasteiger partial charge in [0.05, 0.1) is 11.0 Å². The first-order valence-corrected chi connectivity index (χ1v) is 7.49. The molecule has 0 aliphatic carbocycles. The number of anilines is 1. The number of imidazole rings is 1. The number of rotatable bonds is 3. The molecular weight excluding hydrogens is 330 g/mol. The highest BCUT2D eigenvalue weighted by atomic mass is 79.9. The van der Waals surface area contributed by atoms with E-state index >= 15 is 0 Å². The van der Waals surface area contributed by atoms with Crippen LogP contribution in [0.3, 0.4) is 0 Å². The number of nitrogens with one attached hydrogen (secondary N) is 1. The van der Waals surface area contributed by atoms with Crippen molar-refractivity contribution in [2.24, 2.45) is 14.1 Å². The Morgan fingerprint density at radius 3 is 2.38 bits per heavy atom. The molecule has 0 amide bonds. The number of benzene rings is 2. The average Bonchev–Trinajstić information content (AvgIpc) is 2.71. The summed E-state index contributed by atoms with van der Waals surface area (Å²) in [6, 6.07) is 14.2. The van der Waals surface area contributed by atoms with Gasteiger partial charge in [-0.05, 0) is 35.9 Å². The smallest absolute Gasteiger partial charge is 0.328 e. The van der Waals surface area contributed by atoms with Crippen molar-refractivity contribution >= 4 is 32.7 Å². The summed E-state index contributed by atoms with van der Waals surface area (Å²) in [7, 11) is 3.59. The maximum Gasteiger partial charge on any atom is 0.328 e. The zero-order valence-corrected chi connectivity index (χ0v) is 13.5. The van der Waals surface area contributed by atoms with E-state index in [0.717, 1.165) is 27.7 Å². The third-order valence-corrected chi connectivity index (χ3v) is 4.21. The summed E-state index contributed by atoms with van der Waals surface area (Å²) in [5.41, 5.74) is 4.09. The van der Waals surface area contributed by atoms with Crippen LogP contribution in [0.4, 0.5) is 5.69 Å². The molecule has 5 heteroatoms. The Morgan fingerprint density at radius 1 is 1.00 bits per heavy atom. The fourth-order valence-electron chi connectivity index (χ4n) is 2.42. The van der Waals surface area contributed by atoms with Crippen LogP contribution in [0.25, 0.3) is 11.0 Å². The highest BCUT2D eigenvalue weighted by Crippen LogP contribution is 2.18. The minimum Gasteiger partial charge on any atom is -0.381 e. The molecule has 0 atom stereocenters. The molecule has 0 saturated carbocycles. The van der Waals surface area contributed by atoms with Gasteiger partial charge in [-0.1, -0.05) is 28.1 Å². The van der Waals surface area contributed by atoms with Gasteiger partial charge in [-0.3, -0.25) is 9.13 Å². The first-order chi connectivity index (χ1) is 10.1. The predicted molar refractivity (Wildman–Crippen MR) is 89.6 cm³/mol.